The summed E-state index contributed by atoms with van der Waals surface area (Å²) in [5, 5.41) is 4.40. The molecule has 1 aliphatic heterocycles. The second-order valence-corrected chi connectivity index (χ2v) is 8.42. The van der Waals surface area contributed by atoms with E-state index in [4.69, 9.17) is 4.74 Å². The largest absolute Gasteiger partial charge is 0.485 e. The van der Waals surface area contributed by atoms with E-state index in [1.165, 1.54) is 15.9 Å². The van der Waals surface area contributed by atoms with Crippen molar-refractivity contribution in [3.8, 4) is 17.1 Å². The van der Waals surface area contributed by atoms with Crippen molar-refractivity contribution in [2.75, 3.05) is 0 Å². The minimum atomic E-state index is -0.164. The van der Waals surface area contributed by atoms with Crippen molar-refractivity contribution in [3.63, 3.8) is 0 Å². The van der Waals surface area contributed by atoms with Gasteiger partial charge in [0.15, 0.2) is 5.82 Å². The molecule has 28 heavy (non-hydrogen) atoms. The number of aromatic nitrogens is 3. The Labute approximate surface area is 172 Å². The fourth-order valence-corrected chi connectivity index (χ4v) is 4.30. The molecule has 0 N–H and O–H groups in total. The molecule has 0 amide bonds. The number of thiazole rings is 1. The molecule has 0 bridgehead atoms. The summed E-state index contributed by atoms with van der Waals surface area (Å²) in [6.07, 6.45) is 3.81. The lowest BCUT2D eigenvalue weighted by molar-refractivity contribution is 0.259. The average Bonchev–Trinajstić information content (AvgIpc) is 3.23. The number of benzene rings is 2. The zero-order valence-corrected chi connectivity index (χ0v) is 17.2. The quantitative estimate of drug-likeness (QED) is 0.463. The molecule has 0 spiro atoms. The highest BCUT2D eigenvalue weighted by Crippen LogP contribution is 2.29. The summed E-state index contributed by atoms with van der Waals surface area (Å²) in [6, 6.07) is 15.6. The van der Waals surface area contributed by atoms with Crippen molar-refractivity contribution >= 4 is 44.4 Å². The van der Waals surface area contributed by atoms with Crippen molar-refractivity contribution in [1.82, 2.24) is 14.6 Å². The fraction of sp³-hybridized carbons (Fsp3) is 0.0952. The minimum absolute atomic E-state index is 0.130. The number of halogens is 1. The standard InChI is InChI=1S/C21H14BrN3O2S/c1-12-15(10-14-4-2-3-5-17(14)27-12)11-18-20(26)25-21(28-18)23-19(24-25)13-6-8-16(22)9-7-13/h2-12H,1H3/b18-11-/t12-/m0/s1. The maximum Gasteiger partial charge on any atom is 0.291 e. The van der Waals surface area contributed by atoms with Gasteiger partial charge in [-0.15, -0.1) is 5.10 Å². The van der Waals surface area contributed by atoms with Gasteiger partial charge in [-0.05, 0) is 42.8 Å². The summed E-state index contributed by atoms with van der Waals surface area (Å²) >= 11 is 4.75. The van der Waals surface area contributed by atoms with Crippen LogP contribution in [0, 0.1) is 0 Å². The van der Waals surface area contributed by atoms with Crippen molar-refractivity contribution < 1.29 is 4.74 Å². The number of hydrogen-bond donors (Lipinski definition) is 0. The van der Waals surface area contributed by atoms with Gasteiger partial charge in [-0.25, -0.2) is 0 Å². The summed E-state index contributed by atoms with van der Waals surface area (Å²) < 4.78 is 8.91. The molecule has 0 unspecified atom stereocenters. The van der Waals surface area contributed by atoms with E-state index in [0.29, 0.717) is 15.3 Å². The molecule has 4 aromatic rings. The Bertz CT molecular complexity index is 1340. The van der Waals surface area contributed by atoms with Crippen LogP contribution in [0.1, 0.15) is 12.5 Å². The highest BCUT2D eigenvalue weighted by molar-refractivity contribution is 9.10. The molecule has 138 valence electrons. The molecular formula is C21H14BrN3O2S. The molecule has 5 rings (SSSR count). The zero-order chi connectivity index (χ0) is 19.3. The van der Waals surface area contributed by atoms with Gasteiger partial charge in [0.05, 0.1) is 4.53 Å². The molecule has 0 aliphatic carbocycles. The van der Waals surface area contributed by atoms with E-state index in [2.05, 4.69) is 32.1 Å². The number of ether oxygens (including phenoxy) is 1. The number of para-hydroxylation sites is 1. The fourth-order valence-electron chi connectivity index (χ4n) is 3.13. The van der Waals surface area contributed by atoms with Gasteiger partial charge in [0, 0.05) is 15.6 Å². The normalized spacial score (nSPS) is 16.7. The predicted octanol–water partition coefficient (Wildman–Crippen LogP) is 3.94. The van der Waals surface area contributed by atoms with Crippen LogP contribution in [-0.2, 0) is 0 Å². The molecule has 0 fully saturated rings. The minimum Gasteiger partial charge on any atom is -0.485 e. The molecule has 7 heteroatoms. The first-order chi connectivity index (χ1) is 13.6. The summed E-state index contributed by atoms with van der Waals surface area (Å²) in [4.78, 5) is 17.9. The monoisotopic (exact) mass is 451 g/mol. The van der Waals surface area contributed by atoms with Crippen LogP contribution in [0.15, 0.2) is 63.4 Å². The highest BCUT2D eigenvalue weighted by Gasteiger charge is 2.18. The molecule has 0 saturated heterocycles. The first-order valence-corrected chi connectivity index (χ1v) is 10.3. The topological polar surface area (TPSA) is 56.5 Å². The highest BCUT2D eigenvalue weighted by atomic mass is 79.9. The molecule has 1 atom stereocenters. The van der Waals surface area contributed by atoms with Gasteiger partial charge in [-0.2, -0.15) is 9.50 Å². The van der Waals surface area contributed by atoms with Crippen molar-refractivity contribution in [3.05, 3.63) is 79.0 Å². The number of nitrogens with zero attached hydrogens (tertiary/aromatic N) is 3. The van der Waals surface area contributed by atoms with Crippen LogP contribution in [0.2, 0.25) is 0 Å². The molecule has 5 nitrogen and oxygen atoms in total. The third kappa shape index (κ3) is 2.96. The molecule has 3 heterocycles. The van der Waals surface area contributed by atoms with Gasteiger partial charge >= 0.3 is 0 Å². The number of fused-ring (bicyclic) bond motifs is 2. The Hall–Kier alpha value is -2.77. The lowest BCUT2D eigenvalue weighted by Crippen LogP contribution is -2.26. The molecule has 1 aliphatic rings. The van der Waals surface area contributed by atoms with E-state index in [1.807, 2.05) is 61.5 Å². The van der Waals surface area contributed by atoms with E-state index in [0.717, 1.165) is 26.9 Å². The van der Waals surface area contributed by atoms with Crippen molar-refractivity contribution in [1.29, 1.82) is 0 Å². The van der Waals surface area contributed by atoms with Gasteiger partial charge in [0.2, 0.25) is 4.96 Å². The van der Waals surface area contributed by atoms with Gasteiger partial charge < -0.3 is 4.74 Å². The van der Waals surface area contributed by atoms with Crippen LogP contribution < -0.4 is 14.8 Å². The second-order valence-electron chi connectivity index (χ2n) is 6.49. The van der Waals surface area contributed by atoms with E-state index in [1.54, 1.807) is 0 Å². The molecule has 0 saturated carbocycles. The van der Waals surface area contributed by atoms with Gasteiger partial charge in [0.1, 0.15) is 11.9 Å². The van der Waals surface area contributed by atoms with Crippen LogP contribution in [0.5, 0.6) is 5.75 Å². The summed E-state index contributed by atoms with van der Waals surface area (Å²) in [5.74, 6) is 1.40. The van der Waals surface area contributed by atoms with Crippen LogP contribution in [0.3, 0.4) is 0 Å². The average molecular weight is 452 g/mol. The summed E-state index contributed by atoms with van der Waals surface area (Å²) in [6.45, 7) is 1.98. The molecule has 2 aromatic heterocycles. The molecule has 0 radical (unpaired) electrons. The van der Waals surface area contributed by atoms with Gasteiger partial charge in [-0.1, -0.05) is 57.6 Å². The van der Waals surface area contributed by atoms with Crippen LogP contribution in [0.25, 0.3) is 28.5 Å². The van der Waals surface area contributed by atoms with E-state index in [9.17, 15) is 4.79 Å². The third-order valence-electron chi connectivity index (χ3n) is 4.60. The number of rotatable bonds is 2. The van der Waals surface area contributed by atoms with E-state index in [-0.39, 0.29) is 11.7 Å². The SMILES string of the molecule is C[C@@H]1Oc2ccccc2C=C1/C=c1\sc2nc(-c3ccc(Br)cc3)nn2c1=O. The smallest absolute Gasteiger partial charge is 0.291 e. The van der Waals surface area contributed by atoms with Crippen LogP contribution >= 0.6 is 27.3 Å². The van der Waals surface area contributed by atoms with E-state index < -0.39 is 0 Å². The van der Waals surface area contributed by atoms with E-state index >= 15 is 0 Å². The maximum absolute atomic E-state index is 12.8. The zero-order valence-electron chi connectivity index (χ0n) is 14.8. The predicted molar refractivity (Wildman–Crippen MR) is 114 cm³/mol. The lowest BCUT2D eigenvalue weighted by atomic mass is 10.0. The van der Waals surface area contributed by atoms with Crippen LogP contribution in [0.4, 0.5) is 0 Å². The van der Waals surface area contributed by atoms with Crippen LogP contribution in [-0.4, -0.2) is 20.7 Å². The second kappa shape index (κ2) is 6.68. The first kappa shape index (κ1) is 17.3. The molecular weight excluding hydrogens is 438 g/mol. The third-order valence-corrected chi connectivity index (χ3v) is 6.08. The molecule has 2 aromatic carbocycles. The van der Waals surface area contributed by atoms with Crippen molar-refractivity contribution in [2.45, 2.75) is 13.0 Å². The Morgan fingerprint density at radius 1 is 1.18 bits per heavy atom. The Kier molecular flexibility index (Phi) is 4.14. The van der Waals surface area contributed by atoms with Gasteiger partial charge in [-0.3, -0.25) is 4.79 Å². The van der Waals surface area contributed by atoms with Gasteiger partial charge in [0.25, 0.3) is 5.56 Å². The lowest BCUT2D eigenvalue weighted by Gasteiger charge is -2.22. The maximum atomic E-state index is 12.8. The van der Waals surface area contributed by atoms with Crippen molar-refractivity contribution in [2.24, 2.45) is 0 Å². The Morgan fingerprint density at radius 2 is 1.96 bits per heavy atom. The first-order valence-electron chi connectivity index (χ1n) is 8.73. The Morgan fingerprint density at radius 3 is 2.75 bits per heavy atom. The number of hydrogen-bond acceptors (Lipinski definition) is 5. The Balaban J connectivity index is 1.58. The summed E-state index contributed by atoms with van der Waals surface area (Å²) in [5.41, 5.74) is 2.67. The summed E-state index contributed by atoms with van der Waals surface area (Å²) in [7, 11) is 0.